The highest BCUT2D eigenvalue weighted by Gasteiger charge is 2.63. The molecule has 11 aliphatic rings. The molecule has 11 aliphatic carbocycles. The Morgan fingerprint density at radius 1 is 0.422 bits per heavy atom. The Morgan fingerprint density at radius 2 is 0.867 bits per heavy atom. The average Bonchev–Trinajstić information content (AvgIpc) is 3.34. The van der Waals surface area contributed by atoms with Crippen LogP contribution in [-0.4, -0.2) is 59.5 Å². The number of hydrogen-bond acceptors (Lipinski definition) is 5. The van der Waals surface area contributed by atoms with Crippen molar-refractivity contribution in [3.63, 3.8) is 0 Å². The van der Waals surface area contributed by atoms with Crippen molar-refractivity contribution >= 4 is 0 Å². The van der Waals surface area contributed by atoms with Crippen LogP contribution in [0.2, 0.25) is 0 Å². The highest BCUT2D eigenvalue weighted by atomic mass is 16.5. The van der Waals surface area contributed by atoms with E-state index in [4.69, 9.17) is 23.7 Å². The SMILES string of the molecule is CC(C)(C)C12CC3CC(CC(C3)C1)C2.CC(C)(C)OC1CC2CCC1(C)C2(C)C.CC(C)(C)OC1CCCCC1.CC(C)OC1C(C)(C)[C@H]2CC[C@]1(C)C2.CC(C)O[C@H]1C[C@@H](C)CC[C@@H]1C(C)C.CC(C)[C@@H]1CC[C@@H](C)C[C@H]1OC(C)(C)C. The quantitative estimate of drug-likeness (QED) is 0.230. The minimum absolute atomic E-state index is 0.00817. The molecule has 8 bridgehead atoms. The van der Waals surface area contributed by atoms with Gasteiger partial charge in [-0.3, -0.25) is 0 Å². The third kappa shape index (κ3) is 20.1. The van der Waals surface area contributed by atoms with Crippen LogP contribution in [0.4, 0.5) is 0 Å². The standard InChI is InChI=1S/C14H26O.C14H28O.C14H24.C13H24O.C13H26O.C10H20O/c1-12(2,3)15-11-9-10-7-8-14(11,6)13(10,4)5;1-10(2)12-8-7-11(3)9-13(12)15-14(4,5)6;1-13(2,3)14-7-10-4-11(8-14)6-12(5-10)9-14;1-9(2)14-11-12(3,4)10-6-7-13(11,5)8-10;1-9(2)12-7-6-11(5)8-13(12)14-10(3)4;1-10(2,3)11-9-7-5-4-6-8-9/h10-11H,7-9H2,1-6H3;10-13H,7-9H2,1-6H3;10-12H,4-9H2,1-3H3;9-11H,6-8H2,1-5H3;9-13H,6-8H2,1-5H3;9H,4-8H2,1-3H3/t;11-,12+,13-;;10-,11?,13+;11-,12+,13-;/m.1.00./s1. The van der Waals surface area contributed by atoms with Crippen LogP contribution >= 0.6 is 0 Å². The van der Waals surface area contributed by atoms with E-state index >= 15 is 0 Å². The van der Waals surface area contributed by atoms with E-state index < -0.39 is 0 Å². The lowest BCUT2D eigenvalue weighted by Gasteiger charge is -2.62. The minimum atomic E-state index is 0.00817. The van der Waals surface area contributed by atoms with E-state index in [1.165, 1.54) is 109 Å². The lowest BCUT2D eigenvalue weighted by molar-refractivity contribution is -0.119. The van der Waals surface area contributed by atoms with Gasteiger partial charge in [0.2, 0.25) is 0 Å². The number of ether oxygens (including phenoxy) is 5. The van der Waals surface area contributed by atoms with E-state index in [1.54, 1.807) is 38.5 Å². The van der Waals surface area contributed by atoms with Gasteiger partial charge in [-0.05, 0) is 303 Å². The molecule has 0 N–H and O–H groups in total. The molecule has 0 aromatic carbocycles. The maximum Gasteiger partial charge on any atom is 0.0685 e. The minimum Gasteiger partial charge on any atom is -0.375 e. The summed E-state index contributed by atoms with van der Waals surface area (Å²) in [5.74, 6) is 9.89. The van der Waals surface area contributed by atoms with Gasteiger partial charge in [-0.15, -0.1) is 0 Å². The molecule has 5 nitrogen and oxygen atoms in total. The smallest absolute Gasteiger partial charge is 0.0685 e. The third-order valence-electron chi connectivity index (χ3n) is 24.3. The van der Waals surface area contributed by atoms with Crippen molar-refractivity contribution in [3.8, 4) is 0 Å². The van der Waals surface area contributed by atoms with Crippen LogP contribution in [-0.2, 0) is 23.7 Å². The molecule has 11 fully saturated rings. The predicted octanol–water partition coefficient (Wildman–Crippen LogP) is 23.2. The van der Waals surface area contributed by atoms with E-state index in [-0.39, 0.29) is 16.8 Å². The van der Waals surface area contributed by atoms with Gasteiger partial charge in [0.15, 0.2) is 0 Å². The Hall–Kier alpha value is -0.200. The van der Waals surface area contributed by atoms with Crippen LogP contribution < -0.4 is 0 Å². The fourth-order valence-corrected chi connectivity index (χ4v) is 19.6. The fourth-order valence-electron chi connectivity index (χ4n) is 19.6. The van der Waals surface area contributed by atoms with Crippen LogP contribution in [0.5, 0.6) is 0 Å². The second-order valence-electron chi connectivity index (χ2n) is 37.9. The van der Waals surface area contributed by atoms with Gasteiger partial charge in [0.25, 0.3) is 0 Å². The highest BCUT2D eigenvalue weighted by Crippen LogP contribution is 2.68. The van der Waals surface area contributed by atoms with Crippen molar-refractivity contribution in [2.24, 2.45) is 97.6 Å². The Morgan fingerprint density at radius 3 is 1.24 bits per heavy atom. The molecule has 0 aromatic rings. The highest BCUT2D eigenvalue weighted by molar-refractivity contribution is 5.12. The van der Waals surface area contributed by atoms with Crippen LogP contribution in [0.3, 0.4) is 0 Å². The Kier molecular flexibility index (Phi) is 25.7. The maximum atomic E-state index is 6.27. The second-order valence-corrected chi connectivity index (χ2v) is 37.9. The molecule has 83 heavy (non-hydrogen) atoms. The van der Waals surface area contributed by atoms with Crippen LogP contribution in [0.15, 0.2) is 0 Å². The molecule has 490 valence electrons. The molecule has 11 rings (SSSR count). The maximum absolute atomic E-state index is 6.27. The topological polar surface area (TPSA) is 46.2 Å². The molecule has 5 heteroatoms. The van der Waals surface area contributed by atoms with E-state index in [0.717, 1.165) is 70.5 Å². The first kappa shape index (κ1) is 73.5. The second kappa shape index (κ2) is 29.0. The van der Waals surface area contributed by atoms with Gasteiger partial charge in [-0.25, -0.2) is 0 Å². The van der Waals surface area contributed by atoms with Gasteiger partial charge in [0.1, 0.15) is 0 Å². The van der Waals surface area contributed by atoms with E-state index in [0.29, 0.717) is 69.8 Å². The van der Waals surface area contributed by atoms with E-state index in [2.05, 4.69) is 194 Å². The summed E-state index contributed by atoms with van der Waals surface area (Å²) in [5, 5.41) is 0. The molecule has 11 saturated carbocycles. The Labute approximate surface area is 519 Å². The average molecular weight is 1170 g/mol. The van der Waals surface area contributed by atoms with Gasteiger partial charge >= 0.3 is 0 Å². The lowest BCUT2D eigenvalue weighted by Crippen LogP contribution is -2.51. The first-order chi connectivity index (χ1) is 37.9. The largest absolute Gasteiger partial charge is 0.375 e. The first-order valence-corrected chi connectivity index (χ1v) is 36.2. The van der Waals surface area contributed by atoms with Gasteiger partial charge in [0.05, 0.1) is 59.5 Å². The molecular formula is C78H148O5. The van der Waals surface area contributed by atoms with Crippen molar-refractivity contribution in [1.82, 2.24) is 0 Å². The Balaban J connectivity index is 0.000000183. The summed E-state index contributed by atoms with van der Waals surface area (Å²) in [6.07, 6.45) is 35.5. The van der Waals surface area contributed by atoms with Crippen molar-refractivity contribution < 1.29 is 23.7 Å². The zero-order valence-electron chi connectivity index (χ0n) is 61.2. The normalized spacial score (nSPS) is 38.8. The molecule has 0 saturated heterocycles. The van der Waals surface area contributed by atoms with Gasteiger partial charge in [-0.1, -0.05) is 136 Å². The molecular weight excluding hydrogens is 1020 g/mol. The van der Waals surface area contributed by atoms with Crippen LogP contribution in [0, 0.1) is 97.6 Å². The summed E-state index contributed by atoms with van der Waals surface area (Å²) in [4.78, 5) is 0. The van der Waals surface area contributed by atoms with Crippen molar-refractivity contribution in [2.45, 2.75) is 401 Å². The number of fused-ring (bicyclic) bond motifs is 4. The zero-order valence-corrected chi connectivity index (χ0v) is 61.2. The van der Waals surface area contributed by atoms with Crippen LogP contribution in [0.1, 0.15) is 342 Å². The monoisotopic (exact) mass is 1170 g/mol. The molecule has 0 heterocycles. The summed E-state index contributed by atoms with van der Waals surface area (Å²) >= 11 is 0. The van der Waals surface area contributed by atoms with E-state index in [9.17, 15) is 0 Å². The predicted molar refractivity (Wildman–Crippen MR) is 358 cm³/mol. The molecule has 0 aromatic heterocycles. The summed E-state index contributed by atoms with van der Waals surface area (Å²) in [5.41, 5.74) is 3.12. The summed E-state index contributed by atoms with van der Waals surface area (Å²) in [6, 6.07) is 0. The van der Waals surface area contributed by atoms with E-state index in [1.807, 2.05) is 0 Å². The summed E-state index contributed by atoms with van der Waals surface area (Å²) in [6.45, 7) is 64.1. The van der Waals surface area contributed by atoms with Gasteiger partial charge in [0, 0.05) is 0 Å². The molecule has 12 atom stereocenters. The summed E-state index contributed by atoms with van der Waals surface area (Å²) < 4.78 is 30.6. The fraction of sp³-hybridized carbons (Fsp3) is 1.00. The van der Waals surface area contributed by atoms with Gasteiger partial charge < -0.3 is 23.7 Å². The molecule has 0 aliphatic heterocycles. The molecule has 0 spiro atoms. The van der Waals surface area contributed by atoms with Crippen LogP contribution in [0.25, 0.3) is 0 Å². The number of hydrogen-bond donors (Lipinski definition) is 0. The summed E-state index contributed by atoms with van der Waals surface area (Å²) in [7, 11) is 0. The first-order valence-electron chi connectivity index (χ1n) is 36.2. The third-order valence-corrected chi connectivity index (χ3v) is 24.3. The van der Waals surface area contributed by atoms with Crippen molar-refractivity contribution in [2.75, 3.05) is 0 Å². The lowest BCUT2D eigenvalue weighted by atomic mass is 9.43. The molecule has 0 amide bonds. The number of rotatable bonds is 9. The van der Waals surface area contributed by atoms with Crippen molar-refractivity contribution in [3.05, 3.63) is 0 Å². The zero-order chi connectivity index (χ0) is 62.7. The molecule has 0 radical (unpaired) electrons. The molecule has 4 unspecified atom stereocenters. The van der Waals surface area contributed by atoms with Crippen molar-refractivity contribution in [1.29, 1.82) is 0 Å². The van der Waals surface area contributed by atoms with Gasteiger partial charge in [-0.2, -0.15) is 0 Å². The Bertz CT molecular complexity index is 1850.